The van der Waals surface area contributed by atoms with E-state index in [9.17, 15) is 0 Å². The summed E-state index contributed by atoms with van der Waals surface area (Å²) in [5.41, 5.74) is 2.90. The second kappa shape index (κ2) is 4.34. The Morgan fingerprint density at radius 1 is 1.10 bits per heavy atom. The molecule has 4 heteroatoms. The molecule has 1 aromatic rings. The molecule has 114 valence electrons. The third kappa shape index (κ3) is 2.25. The predicted octanol–water partition coefficient (Wildman–Crippen LogP) is 4.52. The van der Waals surface area contributed by atoms with Crippen LogP contribution in [0.5, 0.6) is 0 Å². The molecular formula is C17H24ClN3. The molecule has 0 aliphatic heterocycles. The minimum absolute atomic E-state index is 0.244. The van der Waals surface area contributed by atoms with Crippen molar-refractivity contribution < 1.29 is 0 Å². The summed E-state index contributed by atoms with van der Waals surface area (Å²) in [6, 6.07) is 0. The average molecular weight is 306 g/mol. The van der Waals surface area contributed by atoms with Crippen LogP contribution in [0.4, 0.5) is 5.82 Å². The standard InChI is InChI=1S/C17H24ClN3/c1-10-11(2)19-15(18)20-14(10)21-17-7-12-4-13(8-17)6-16(3,5-12)9-17/h12-13H,4-9H2,1-3H3,(H,19,20,21). The van der Waals surface area contributed by atoms with Crippen LogP contribution in [0.3, 0.4) is 0 Å². The Hall–Kier alpha value is -0.830. The molecule has 0 spiro atoms. The van der Waals surface area contributed by atoms with Crippen LogP contribution in [0.25, 0.3) is 0 Å². The number of nitrogens with zero attached hydrogens (tertiary/aromatic N) is 2. The zero-order valence-corrected chi connectivity index (χ0v) is 13.9. The van der Waals surface area contributed by atoms with Gasteiger partial charge in [0.05, 0.1) is 0 Å². The van der Waals surface area contributed by atoms with E-state index in [1.807, 2.05) is 6.92 Å². The van der Waals surface area contributed by atoms with Gasteiger partial charge in [-0.3, -0.25) is 0 Å². The molecule has 1 heterocycles. The molecule has 0 saturated heterocycles. The summed E-state index contributed by atoms with van der Waals surface area (Å²) in [6.07, 6.45) is 8.19. The van der Waals surface area contributed by atoms with Crippen LogP contribution in [0.15, 0.2) is 0 Å². The molecule has 2 unspecified atom stereocenters. The first kappa shape index (κ1) is 13.8. The minimum atomic E-state index is 0.244. The largest absolute Gasteiger partial charge is 0.364 e. The van der Waals surface area contributed by atoms with Gasteiger partial charge in [-0.15, -0.1) is 0 Å². The lowest BCUT2D eigenvalue weighted by Gasteiger charge is -2.61. The average Bonchev–Trinajstić information content (AvgIpc) is 2.31. The Labute approximate surface area is 131 Å². The molecule has 4 bridgehead atoms. The number of rotatable bonds is 2. The van der Waals surface area contributed by atoms with Crippen LogP contribution in [-0.4, -0.2) is 15.5 Å². The summed E-state index contributed by atoms with van der Waals surface area (Å²) < 4.78 is 0. The highest BCUT2D eigenvalue weighted by molar-refractivity contribution is 6.28. The molecule has 0 radical (unpaired) electrons. The van der Waals surface area contributed by atoms with Gasteiger partial charge in [-0.2, -0.15) is 0 Å². The first-order valence-corrected chi connectivity index (χ1v) is 8.53. The van der Waals surface area contributed by atoms with Crippen LogP contribution in [-0.2, 0) is 0 Å². The molecule has 4 fully saturated rings. The molecule has 4 saturated carbocycles. The monoisotopic (exact) mass is 305 g/mol. The predicted molar refractivity (Wildman–Crippen MR) is 85.7 cm³/mol. The minimum Gasteiger partial charge on any atom is -0.364 e. The third-order valence-electron chi connectivity index (χ3n) is 6.10. The molecule has 2 atom stereocenters. The van der Waals surface area contributed by atoms with Gasteiger partial charge in [-0.1, -0.05) is 6.92 Å². The summed E-state index contributed by atoms with van der Waals surface area (Å²) in [4.78, 5) is 8.73. The highest BCUT2D eigenvalue weighted by Crippen LogP contribution is 2.62. The van der Waals surface area contributed by atoms with E-state index in [2.05, 4.69) is 29.1 Å². The van der Waals surface area contributed by atoms with Crippen LogP contribution >= 0.6 is 11.6 Å². The quantitative estimate of drug-likeness (QED) is 0.816. The fourth-order valence-corrected chi connectivity index (χ4v) is 6.05. The van der Waals surface area contributed by atoms with Gasteiger partial charge in [-0.05, 0) is 81.2 Å². The van der Waals surface area contributed by atoms with Crippen molar-refractivity contribution in [1.82, 2.24) is 9.97 Å². The van der Waals surface area contributed by atoms with Crippen LogP contribution in [0, 0.1) is 31.1 Å². The maximum absolute atomic E-state index is 6.07. The van der Waals surface area contributed by atoms with Crippen molar-refractivity contribution in [1.29, 1.82) is 0 Å². The van der Waals surface area contributed by atoms with Crippen molar-refractivity contribution in [2.24, 2.45) is 17.3 Å². The highest BCUT2D eigenvalue weighted by atomic mass is 35.5. The Kier molecular flexibility index (Phi) is 2.86. The molecule has 1 N–H and O–H groups in total. The Morgan fingerprint density at radius 2 is 1.76 bits per heavy atom. The lowest BCUT2D eigenvalue weighted by molar-refractivity contribution is -0.0480. The van der Waals surface area contributed by atoms with Gasteiger partial charge in [0, 0.05) is 16.8 Å². The normalized spacial score (nSPS) is 40.6. The van der Waals surface area contributed by atoms with Gasteiger partial charge < -0.3 is 5.32 Å². The number of nitrogens with one attached hydrogen (secondary N) is 1. The molecule has 21 heavy (non-hydrogen) atoms. The van der Waals surface area contributed by atoms with Crippen LogP contribution in [0.2, 0.25) is 5.28 Å². The van der Waals surface area contributed by atoms with E-state index in [0.717, 1.165) is 28.9 Å². The molecule has 3 nitrogen and oxygen atoms in total. The highest BCUT2D eigenvalue weighted by Gasteiger charge is 2.56. The maximum atomic E-state index is 6.07. The van der Waals surface area contributed by atoms with Gasteiger partial charge in [-0.25, -0.2) is 9.97 Å². The SMILES string of the molecule is Cc1nc(Cl)nc(NC23CC4CC(CC(C)(C4)C2)C3)c1C. The van der Waals surface area contributed by atoms with Crippen molar-refractivity contribution in [2.75, 3.05) is 5.32 Å². The zero-order valence-electron chi connectivity index (χ0n) is 13.2. The summed E-state index contributed by atoms with van der Waals surface area (Å²) in [5.74, 6) is 2.77. The Balaban J connectivity index is 1.68. The van der Waals surface area contributed by atoms with Gasteiger partial charge >= 0.3 is 0 Å². The van der Waals surface area contributed by atoms with Crippen LogP contribution in [0.1, 0.15) is 56.7 Å². The lowest BCUT2D eigenvalue weighted by atomic mass is 9.47. The van der Waals surface area contributed by atoms with E-state index in [0.29, 0.717) is 10.7 Å². The number of aryl methyl sites for hydroxylation is 1. The first-order valence-electron chi connectivity index (χ1n) is 8.15. The summed E-state index contributed by atoms with van der Waals surface area (Å²) in [6.45, 7) is 6.59. The van der Waals surface area contributed by atoms with Gasteiger partial charge in [0.15, 0.2) is 0 Å². The maximum Gasteiger partial charge on any atom is 0.224 e. The van der Waals surface area contributed by atoms with E-state index < -0.39 is 0 Å². The first-order chi connectivity index (χ1) is 9.86. The smallest absolute Gasteiger partial charge is 0.224 e. The summed E-state index contributed by atoms with van der Waals surface area (Å²) >= 11 is 6.07. The van der Waals surface area contributed by atoms with Gasteiger partial charge in [0.1, 0.15) is 5.82 Å². The fourth-order valence-electron chi connectivity index (χ4n) is 5.83. The summed E-state index contributed by atoms with van der Waals surface area (Å²) in [7, 11) is 0. The molecule has 5 rings (SSSR count). The topological polar surface area (TPSA) is 37.8 Å². The van der Waals surface area contributed by atoms with Crippen molar-refractivity contribution in [3.05, 3.63) is 16.5 Å². The number of hydrogen-bond acceptors (Lipinski definition) is 3. The fraction of sp³-hybridized carbons (Fsp3) is 0.765. The van der Waals surface area contributed by atoms with E-state index in [1.54, 1.807) is 0 Å². The second-order valence-corrected chi connectivity index (χ2v) is 8.57. The number of aromatic nitrogens is 2. The Morgan fingerprint density at radius 3 is 2.38 bits per heavy atom. The third-order valence-corrected chi connectivity index (χ3v) is 6.27. The van der Waals surface area contributed by atoms with E-state index in [1.165, 1.54) is 38.5 Å². The molecule has 0 amide bonds. The second-order valence-electron chi connectivity index (χ2n) is 8.23. The summed E-state index contributed by atoms with van der Waals surface area (Å²) in [5, 5.41) is 4.18. The molecule has 4 aliphatic rings. The van der Waals surface area contributed by atoms with E-state index >= 15 is 0 Å². The molecular weight excluding hydrogens is 282 g/mol. The van der Waals surface area contributed by atoms with E-state index in [-0.39, 0.29) is 5.54 Å². The van der Waals surface area contributed by atoms with Crippen molar-refractivity contribution in [3.8, 4) is 0 Å². The number of anilines is 1. The van der Waals surface area contributed by atoms with E-state index in [4.69, 9.17) is 11.6 Å². The molecule has 4 aliphatic carbocycles. The number of hydrogen-bond donors (Lipinski definition) is 1. The Bertz CT molecular complexity index is 584. The van der Waals surface area contributed by atoms with Crippen molar-refractivity contribution in [2.45, 2.75) is 64.8 Å². The number of halogens is 1. The van der Waals surface area contributed by atoms with Crippen molar-refractivity contribution >= 4 is 17.4 Å². The van der Waals surface area contributed by atoms with Gasteiger partial charge in [0.2, 0.25) is 5.28 Å². The molecule has 1 aromatic heterocycles. The zero-order chi connectivity index (χ0) is 14.8. The lowest BCUT2D eigenvalue weighted by Crippen LogP contribution is -2.58. The molecule has 0 aromatic carbocycles. The van der Waals surface area contributed by atoms with Crippen molar-refractivity contribution in [3.63, 3.8) is 0 Å². The van der Waals surface area contributed by atoms with Crippen LogP contribution < -0.4 is 5.32 Å². The van der Waals surface area contributed by atoms with Gasteiger partial charge in [0.25, 0.3) is 0 Å².